The quantitative estimate of drug-likeness (QED) is 0.647. The van der Waals surface area contributed by atoms with Crippen molar-refractivity contribution in [1.29, 1.82) is 0 Å². The third-order valence-corrected chi connectivity index (χ3v) is 3.15. The summed E-state index contributed by atoms with van der Waals surface area (Å²) in [6.07, 6.45) is -1.04. The van der Waals surface area contributed by atoms with Crippen LogP contribution >= 0.6 is 11.3 Å². The molecule has 1 aromatic rings. The van der Waals surface area contributed by atoms with Gasteiger partial charge in [-0.3, -0.25) is 9.59 Å². The van der Waals surface area contributed by atoms with E-state index in [2.05, 4.69) is 5.32 Å². The van der Waals surface area contributed by atoms with Crippen LogP contribution in [0.15, 0.2) is 11.4 Å². The fourth-order valence-corrected chi connectivity index (χ4v) is 2.10. The van der Waals surface area contributed by atoms with Gasteiger partial charge in [0.2, 0.25) is 5.91 Å². The Kier molecular flexibility index (Phi) is 5.27. The molecule has 0 saturated heterocycles. The highest BCUT2D eigenvalue weighted by Gasteiger charge is 2.19. The first-order valence-electron chi connectivity index (χ1n) is 5.18. The van der Waals surface area contributed by atoms with Gasteiger partial charge in [-0.05, 0) is 23.4 Å². The summed E-state index contributed by atoms with van der Waals surface area (Å²) in [7, 11) is 0. The molecule has 1 heterocycles. The summed E-state index contributed by atoms with van der Waals surface area (Å²) < 4.78 is 0. The minimum absolute atomic E-state index is 0.175. The van der Waals surface area contributed by atoms with Crippen molar-refractivity contribution in [3.05, 3.63) is 21.9 Å². The number of aldehydes is 1. The van der Waals surface area contributed by atoms with Crippen LogP contribution in [-0.4, -0.2) is 35.1 Å². The summed E-state index contributed by atoms with van der Waals surface area (Å²) in [4.78, 5) is 21.6. The van der Waals surface area contributed by atoms with E-state index in [1.165, 1.54) is 18.3 Å². The minimum Gasteiger partial charge on any atom is -0.390 e. The highest BCUT2D eigenvalue weighted by Crippen LogP contribution is 2.23. The Morgan fingerprint density at radius 1 is 1.59 bits per heavy atom. The second-order valence-electron chi connectivity index (χ2n) is 3.68. The lowest BCUT2D eigenvalue weighted by molar-refractivity contribution is -0.119. The van der Waals surface area contributed by atoms with Crippen molar-refractivity contribution >= 4 is 23.5 Å². The monoisotopic (exact) mass is 257 g/mol. The number of aliphatic hydroxyl groups is 2. The molecule has 0 aliphatic rings. The van der Waals surface area contributed by atoms with Crippen LogP contribution in [0.1, 0.15) is 34.7 Å². The van der Waals surface area contributed by atoms with Crippen LogP contribution in [0.2, 0.25) is 0 Å². The maximum atomic E-state index is 10.6. The first kappa shape index (κ1) is 13.8. The second-order valence-corrected chi connectivity index (χ2v) is 4.63. The van der Waals surface area contributed by atoms with Gasteiger partial charge in [0.05, 0.1) is 11.0 Å². The summed E-state index contributed by atoms with van der Waals surface area (Å²) in [6, 6.07) is 1.55. The zero-order valence-electron chi connectivity index (χ0n) is 9.42. The highest BCUT2D eigenvalue weighted by atomic mass is 32.1. The Morgan fingerprint density at radius 3 is 2.82 bits per heavy atom. The van der Waals surface area contributed by atoms with Gasteiger partial charge in [0.15, 0.2) is 6.29 Å². The summed E-state index contributed by atoms with van der Waals surface area (Å²) in [5.74, 6) is -0.175. The van der Waals surface area contributed by atoms with Gasteiger partial charge in [-0.25, -0.2) is 0 Å². The van der Waals surface area contributed by atoms with Crippen molar-refractivity contribution < 1.29 is 19.8 Å². The molecule has 0 saturated carbocycles. The van der Waals surface area contributed by atoms with Crippen molar-refractivity contribution in [1.82, 2.24) is 5.32 Å². The van der Waals surface area contributed by atoms with Crippen LogP contribution in [0.3, 0.4) is 0 Å². The second kappa shape index (κ2) is 6.48. The van der Waals surface area contributed by atoms with E-state index in [1.807, 2.05) is 0 Å². The molecule has 94 valence electrons. The van der Waals surface area contributed by atoms with E-state index in [9.17, 15) is 19.8 Å². The number of thiophene rings is 1. The standard InChI is InChI=1S/C11H15NO4S/c1-7(14)12-3-2-10(15)11(16)8-4-9(5-13)17-6-8/h4-6,10-11,15-16H,2-3H2,1H3,(H,12,14). The number of carbonyl (C=O) groups is 2. The molecule has 0 fully saturated rings. The molecule has 0 aliphatic heterocycles. The highest BCUT2D eigenvalue weighted by molar-refractivity contribution is 7.11. The largest absolute Gasteiger partial charge is 0.390 e. The molecule has 3 N–H and O–H groups in total. The Balaban J connectivity index is 2.48. The van der Waals surface area contributed by atoms with E-state index >= 15 is 0 Å². The molecule has 2 atom stereocenters. The molecule has 1 aromatic heterocycles. The van der Waals surface area contributed by atoms with Crippen LogP contribution in [0.5, 0.6) is 0 Å². The molecule has 0 aromatic carbocycles. The summed E-state index contributed by atoms with van der Waals surface area (Å²) in [6.45, 7) is 1.69. The Hall–Kier alpha value is -1.24. The smallest absolute Gasteiger partial charge is 0.216 e. The van der Waals surface area contributed by atoms with Crippen molar-refractivity contribution in [3.8, 4) is 0 Å². The number of nitrogens with one attached hydrogen (secondary N) is 1. The number of rotatable bonds is 6. The maximum absolute atomic E-state index is 10.6. The normalized spacial score (nSPS) is 14.1. The molecule has 0 bridgehead atoms. The minimum atomic E-state index is -1.03. The summed E-state index contributed by atoms with van der Waals surface area (Å²) in [5, 5.41) is 23.6. The Bertz CT molecular complexity index is 391. The van der Waals surface area contributed by atoms with Gasteiger partial charge in [0.25, 0.3) is 0 Å². The fraction of sp³-hybridized carbons (Fsp3) is 0.455. The summed E-state index contributed by atoms with van der Waals surface area (Å²) >= 11 is 1.22. The molecule has 6 heteroatoms. The van der Waals surface area contributed by atoms with Crippen LogP contribution < -0.4 is 5.32 Å². The van der Waals surface area contributed by atoms with Gasteiger partial charge in [0.1, 0.15) is 6.10 Å². The number of hydrogen-bond acceptors (Lipinski definition) is 5. The number of carbonyl (C=O) groups excluding carboxylic acids is 2. The molecule has 0 spiro atoms. The first-order valence-corrected chi connectivity index (χ1v) is 6.06. The topological polar surface area (TPSA) is 86.6 Å². The SMILES string of the molecule is CC(=O)NCCC(O)C(O)c1csc(C=O)c1. The number of aliphatic hydroxyl groups excluding tert-OH is 2. The van der Waals surface area contributed by atoms with Crippen molar-refractivity contribution in [3.63, 3.8) is 0 Å². The van der Waals surface area contributed by atoms with E-state index in [0.717, 1.165) is 0 Å². The van der Waals surface area contributed by atoms with E-state index in [4.69, 9.17) is 0 Å². The summed E-state index contributed by atoms with van der Waals surface area (Å²) in [5.41, 5.74) is 0.521. The van der Waals surface area contributed by atoms with Gasteiger partial charge >= 0.3 is 0 Å². The van der Waals surface area contributed by atoms with Crippen LogP contribution in [-0.2, 0) is 4.79 Å². The zero-order valence-corrected chi connectivity index (χ0v) is 10.2. The molecule has 0 aliphatic carbocycles. The predicted molar refractivity (Wildman–Crippen MR) is 64.0 cm³/mol. The van der Waals surface area contributed by atoms with Gasteiger partial charge in [-0.2, -0.15) is 0 Å². The Morgan fingerprint density at radius 2 is 2.29 bits per heavy atom. The van der Waals surface area contributed by atoms with Crippen molar-refractivity contribution in [2.75, 3.05) is 6.54 Å². The molecule has 0 radical (unpaired) electrons. The van der Waals surface area contributed by atoms with E-state index in [-0.39, 0.29) is 12.3 Å². The van der Waals surface area contributed by atoms with Gasteiger partial charge in [-0.15, -0.1) is 11.3 Å². The number of amides is 1. The number of hydrogen-bond donors (Lipinski definition) is 3. The van der Waals surface area contributed by atoms with Gasteiger partial charge in [0, 0.05) is 13.5 Å². The lowest BCUT2D eigenvalue weighted by Gasteiger charge is -2.16. The first-order chi connectivity index (χ1) is 8.04. The lowest BCUT2D eigenvalue weighted by Crippen LogP contribution is -2.27. The Labute approximate surface area is 103 Å². The third-order valence-electron chi connectivity index (χ3n) is 2.28. The van der Waals surface area contributed by atoms with Crippen molar-refractivity contribution in [2.45, 2.75) is 25.6 Å². The van der Waals surface area contributed by atoms with Gasteiger partial charge < -0.3 is 15.5 Å². The maximum Gasteiger partial charge on any atom is 0.216 e. The average Bonchev–Trinajstić information content (AvgIpc) is 2.75. The molecule has 17 heavy (non-hydrogen) atoms. The van der Waals surface area contributed by atoms with Crippen LogP contribution in [0.25, 0.3) is 0 Å². The van der Waals surface area contributed by atoms with Crippen molar-refractivity contribution in [2.24, 2.45) is 0 Å². The van der Waals surface area contributed by atoms with E-state index in [0.29, 0.717) is 23.3 Å². The van der Waals surface area contributed by atoms with Gasteiger partial charge in [-0.1, -0.05) is 0 Å². The molecule has 5 nitrogen and oxygen atoms in total. The predicted octanol–water partition coefficient (Wildman–Crippen LogP) is 0.481. The molecular weight excluding hydrogens is 242 g/mol. The molecule has 1 rings (SSSR count). The zero-order chi connectivity index (χ0) is 12.8. The lowest BCUT2D eigenvalue weighted by atomic mass is 10.0. The molecule has 2 unspecified atom stereocenters. The van der Waals surface area contributed by atoms with Crippen LogP contribution in [0.4, 0.5) is 0 Å². The van der Waals surface area contributed by atoms with Crippen LogP contribution in [0, 0.1) is 0 Å². The average molecular weight is 257 g/mol. The molecule has 1 amide bonds. The fourth-order valence-electron chi connectivity index (χ4n) is 1.36. The molecular formula is C11H15NO4S. The van der Waals surface area contributed by atoms with E-state index in [1.54, 1.807) is 11.4 Å². The third kappa shape index (κ3) is 4.26. The van der Waals surface area contributed by atoms with E-state index < -0.39 is 12.2 Å².